The molecule has 3 nitrogen and oxygen atoms in total. The maximum absolute atomic E-state index is 4.18. The zero-order chi connectivity index (χ0) is 12.4. The zero-order valence-electron chi connectivity index (χ0n) is 9.64. The fraction of sp³-hybridized carbons (Fsp3) is 0.250. The van der Waals surface area contributed by atoms with Crippen LogP contribution in [0.3, 0.4) is 0 Å². The van der Waals surface area contributed by atoms with Crippen LogP contribution in [0.1, 0.15) is 17.0 Å². The Morgan fingerprint density at radius 3 is 2.65 bits per heavy atom. The number of aryl methyl sites for hydroxylation is 2. The summed E-state index contributed by atoms with van der Waals surface area (Å²) in [5.74, 6) is 0. The Balaban J connectivity index is 2.13. The summed E-state index contributed by atoms with van der Waals surface area (Å²) >= 11 is 6.97. The SMILES string of the molecule is Cc1n[nH]c(C)c1CNc1ccc(Br)cc1Br. The standard InChI is InChI=1S/C12H13Br2N3/c1-7-10(8(2)17-16-7)6-15-12-4-3-9(13)5-11(12)14/h3-5,15H,6H2,1-2H3,(H,16,17). The van der Waals surface area contributed by atoms with Gasteiger partial charge in [0.15, 0.2) is 0 Å². The van der Waals surface area contributed by atoms with Crippen LogP contribution in [0, 0.1) is 13.8 Å². The zero-order valence-corrected chi connectivity index (χ0v) is 12.8. The fourth-order valence-corrected chi connectivity index (χ4v) is 2.84. The smallest absolute Gasteiger partial charge is 0.0643 e. The number of H-pyrrole nitrogens is 1. The van der Waals surface area contributed by atoms with Crippen LogP contribution in [-0.4, -0.2) is 10.2 Å². The number of hydrogen-bond donors (Lipinski definition) is 2. The van der Waals surface area contributed by atoms with Gasteiger partial charge >= 0.3 is 0 Å². The molecular weight excluding hydrogens is 346 g/mol. The maximum Gasteiger partial charge on any atom is 0.0643 e. The lowest BCUT2D eigenvalue weighted by Crippen LogP contribution is -2.02. The quantitative estimate of drug-likeness (QED) is 0.864. The minimum absolute atomic E-state index is 0.772. The second-order valence-corrected chi connectivity index (χ2v) is 5.66. The molecule has 0 aliphatic rings. The summed E-state index contributed by atoms with van der Waals surface area (Å²) in [7, 11) is 0. The molecule has 1 heterocycles. The minimum Gasteiger partial charge on any atom is -0.380 e. The van der Waals surface area contributed by atoms with E-state index in [2.05, 4.69) is 47.4 Å². The van der Waals surface area contributed by atoms with Gasteiger partial charge in [-0.2, -0.15) is 5.10 Å². The van der Waals surface area contributed by atoms with Gasteiger partial charge < -0.3 is 5.32 Å². The minimum atomic E-state index is 0.772. The maximum atomic E-state index is 4.18. The fourth-order valence-electron chi connectivity index (χ4n) is 1.65. The number of nitrogens with zero attached hydrogens (tertiary/aromatic N) is 1. The molecule has 2 rings (SSSR count). The van der Waals surface area contributed by atoms with Gasteiger partial charge in [0.2, 0.25) is 0 Å². The average Bonchev–Trinajstić information content (AvgIpc) is 2.58. The molecule has 0 bridgehead atoms. The van der Waals surface area contributed by atoms with Crippen molar-refractivity contribution in [3.05, 3.63) is 44.1 Å². The van der Waals surface area contributed by atoms with Crippen LogP contribution in [0.2, 0.25) is 0 Å². The molecule has 0 aliphatic carbocycles. The number of aromatic nitrogens is 2. The van der Waals surface area contributed by atoms with Crippen LogP contribution in [0.4, 0.5) is 5.69 Å². The van der Waals surface area contributed by atoms with Gasteiger partial charge in [0.1, 0.15) is 0 Å². The average molecular weight is 359 g/mol. The van der Waals surface area contributed by atoms with E-state index in [0.717, 1.165) is 32.6 Å². The third-order valence-electron chi connectivity index (χ3n) is 2.67. The number of halogens is 2. The Morgan fingerprint density at radius 1 is 1.29 bits per heavy atom. The van der Waals surface area contributed by atoms with Crippen molar-refractivity contribution in [2.24, 2.45) is 0 Å². The summed E-state index contributed by atoms with van der Waals surface area (Å²) < 4.78 is 2.11. The topological polar surface area (TPSA) is 40.7 Å². The predicted molar refractivity (Wildman–Crippen MR) is 77.2 cm³/mol. The highest BCUT2D eigenvalue weighted by Crippen LogP contribution is 2.26. The van der Waals surface area contributed by atoms with E-state index >= 15 is 0 Å². The number of rotatable bonds is 3. The Kier molecular flexibility index (Phi) is 3.89. The molecule has 2 N–H and O–H groups in total. The first kappa shape index (κ1) is 12.6. The van der Waals surface area contributed by atoms with Crippen LogP contribution < -0.4 is 5.32 Å². The van der Waals surface area contributed by atoms with Crippen molar-refractivity contribution in [1.29, 1.82) is 0 Å². The molecule has 0 atom stereocenters. The molecule has 17 heavy (non-hydrogen) atoms. The lowest BCUT2D eigenvalue weighted by Gasteiger charge is -2.09. The number of hydrogen-bond acceptors (Lipinski definition) is 2. The molecule has 1 aromatic carbocycles. The largest absolute Gasteiger partial charge is 0.380 e. The molecule has 0 aliphatic heterocycles. The molecule has 5 heteroatoms. The molecule has 0 saturated heterocycles. The summed E-state index contributed by atoms with van der Waals surface area (Å²) in [5.41, 5.74) is 4.46. The van der Waals surface area contributed by atoms with E-state index in [9.17, 15) is 0 Å². The predicted octanol–water partition coefficient (Wildman–Crippen LogP) is 4.16. The number of aromatic amines is 1. The van der Waals surface area contributed by atoms with Gasteiger partial charge in [0, 0.05) is 32.4 Å². The molecule has 0 radical (unpaired) electrons. The lowest BCUT2D eigenvalue weighted by atomic mass is 10.2. The molecule has 2 aromatic rings. The van der Waals surface area contributed by atoms with Crippen molar-refractivity contribution in [3.8, 4) is 0 Å². The van der Waals surface area contributed by atoms with E-state index < -0.39 is 0 Å². The van der Waals surface area contributed by atoms with Crippen LogP contribution in [0.15, 0.2) is 27.1 Å². The van der Waals surface area contributed by atoms with Crippen molar-refractivity contribution < 1.29 is 0 Å². The first-order valence-corrected chi connectivity index (χ1v) is 6.86. The number of anilines is 1. The van der Waals surface area contributed by atoms with E-state index in [4.69, 9.17) is 0 Å². The second kappa shape index (κ2) is 5.23. The molecule has 0 unspecified atom stereocenters. The van der Waals surface area contributed by atoms with Gasteiger partial charge in [-0.15, -0.1) is 0 Å². The molecule has 1 aromatic heterocycles. The van der Waals surface area contributed by atoms with Gasteiger partial charge in [-0.3, -0.25) is 5.10 Å². The first-order chi connectivity index (χ1) is 8.08. The van der Waals surface area contributed by atoms with Crippen molar-refractivity contribution in [1.82, 2.24) is 10.2 Å². The van der Waals surface area contributed by atoms with Crippen molar-refractivity contribution in [2.45, 2.75) is 20.4 Å². The third-order valence-corrected chi connectivity index (χ3v) is 3.82. The molecule has 0 saturated carbocycles. The third kappa shape index (κ3) is 2.90. The molecule has 0 amide bonds. The highest BCUT2D eigenvalue weighted by Gasteiger charge is 2.06. The Bertz CT molecular complexity index is 515. The summed E-state index contributed by atoms with van der Waals surface area (Å²) in [4.78, 5) is 0. The van der Waals surface area contributed by atoms with Gasteiger partial charge in [-0.1, -0.05) is 15.9 Å². The summed E-state index contributed by atoms with van der Waals surface area (Å²) in [6.45, 7) is 4.82. The Labute approximate surface area is 117 Å². The van der Waals surface area contributed by atoms with Crippen molar-refractivity contribution >= 4 is 37.5 Å². The highest BCUT2D eigenvalue weighted by atomic mass is 79.9. The Hall–Kier alpha value is -0.810. The second-order valence-electron chi connectivity index (χ2n) is 3.89. The lowest BCUT2D eigenvalue weighted by molar-refractivity contribution is 1.02. The van der Waals surface area contributed by atoms with Gasteiger partial charge in [0.05, 0.1) is 5.69 Å². The number of nitrogens with one attached hydrogen (secondary N) is 2. The molecular formula is C12H13Br2N3. The first-order valence-electron chi connectivity index (χ1n) is 5.27. The van der Waals surface area contributed by atoms with Crippen molar-refractivity contribution in [2.75, 3.05) is 5.32 Å². The molecule has 0 fully saturated rings. The normalized spacial score (nSPS) is 10.6. The molecule has 0 spiro atoms. The van der Waals surface area contributed by atoms with Crippen LogP contribution in [0.5, 0.6) is 0 Å². The van der Waals surface area contributed by atoms with E-state index in [-0.39, 0.29) is 0 Å². The van der Waals surface area contributed by atoms with E-state index in [1.807, 2.05) is 32.0 Å². The van der Waals surface area contributed by atoms with Crippen LogP contribution in [-0.2, 0) is 6.54 Å². The summed E-state index contributed by atoms with van der Waals surface area (Å²) in [6.07, 6.45) is 0. The highest BCUT2D eigenvalue weighted by molar-refractivity contribution is 9.11. The van der Waals surface area contributed by atoms with Gasteiger partial charge in [0.25, 0.3) is 0 Å². The van der Waals surface area contributed by atoms with Gasteiger partial charge in [-0.05, 0) is 48.0 Å². The van der Waals surface area contributed by atoms with E-state index in [1.54, 1.807) is 0 Å². The van der Waals surface area contributed by atoms with Gasteiger partial charge in [-0.25, -0.2) is 0 Å². The number of benzene rings is 1. The van der Waals surface area contributed by atoms with Crippen molar-refractivity contribution in [3.63, 3.8) is 0 Å². The van der Waals surface area contributed by atoms with E-state index in [1.165, 1.54) is 5.56 Å². The van der Waals surface area contributed by atoms with Crippen LogP contribution >= 0.6 is 31.9 Å². The Morgan fingerprint density at radius 2 is 2.06 bits per heavy atom. The monoisotopic (exact) mass is 357 g/mol. The summed E-state index contributed by atoms with van der Waals surface area (Å²) in [6, 6.07) is 6.08. The summed E-state index contributed by atoms with van der Waals surface area (Å²) in [5, 5.41) is 10.6. The van der Waals surface area contributed by atoms with E-state index in [0.29, 0.717) is 0 Å². The molecule has 90 valence electrons. The van der Waals surface area contributed by atoms with Crippen LogP contribution in [0.25, 0.3) is 0 Å².